The molecule has 1 aliphatic heterocycles. The number of aromatic nitrogens is 4. The first-order valence-corrected chi connectivity index (χ1v) is 6.67. The summed E-state index contributed by atoms with van der Waals surface area (Å²) in [6.45, 7) is 8.92. The van der Waals surface area contributed by atoms with E-state index in [1.807, 2.05) is 4.68 Å². The Morgan fingerprint density at radius 3 is 2.50 bits per heavy atom. The Balaban J connectivity index is 1.76. The molecule has 0 atom stereocenters. The van der Waals surface area contributed by atoms with Gasteiger partial charge in [-0.25, -0.2) is 4.68 Å². The van der Waals surface area contributed by atoms with Gasteiger partial charge < -0.3 is 4.74 Å². The van der Waals surface area contributed by atoms with Crippen molar-refractivity contribution in [2.75, 3.05) is 13.2 Å². The maximum absolute atomic E-state index is 5.31. The molecule has 0 spiro atoms. The molecule has 3 rings (SSSR count). The molecular weight excluding hydrogens is 230 g/mol. The summed E-state index contributed by atoms with van der Waals surface area (Å²) in [7, 11) is 0. The van der Waals surface area contributed by atoms with E-state index in [2.05, 4.69) is 41.2 Å². The Labute approximate surface area is 107 Å². The smallest absolute Gasteiger partial charge is 0.165 e. The summed E-state index contributed by atoms with van der Waals surface area (Å²) in [6.07, 6.45) is 2.60. The van der Waals surface area contributed by atoms with Crippen molar-refractivity contribution in [1.82, 2.24) is 25.1 Å². The molecule has 2 aliphatic rings. The number of hydrogen-bond acceptors (Lipinski definition) is 5. The van der Waals surface area contributed by atoms with Crippen molar-refractivity contribution in [2.45, 2.75) is 57.8 Å². The quantitative estimate of drug-likeness (QED) is 0.792. The fourth-order valence-corrected chi connectivity index (χ4v) is 2.37. The zero-order valence-corrected chi connectivity index (χ0v) is 11.3. The second kappa shape index (κ2) is 4.28. The zero-order valence-electron chi connectivity index (χ0n) is 11.3. The summed E-state index contributed by atoms with van der Waals surface area (Å²) < 4.78 is 7.24. The normalized spacial score (nSPS) is 21.3. The van der Waals surface area contributed by atoms with Gasteiger partial charge in [0, 0.05) is 6.04 Å². The third-order valence-corrected chi connectivity index (χ3v) is 3.60. The molecule has 18 heavy (non-hydrogen) atoms. The number of nitrogens with zero attached hydrogens (tertiary/aromatic N) is 5. The molecule has 6 nitrogen and oxygen atoms in total. The van der Waals surface area contributed by atoms with Crippen LogP contribution in [0.1, 0.15) is 39.4 Å². The predicted octanol–water partition coefficient (Wildman–Crippen LogP) is 0.791. The van der Waals surface area contributed by atoms with Gasteiger partial charge in [0.05, 0.1) is 31.3 Å². The van der Waals surface area contributed by atoms with Crippen LogP contribution in [0.25, 0.3) is 0 Å². The third kappa shape index (κ3) is 2.27. The van der Waals surface area contributed by atoms with Gasteiger partial charge in [-0.05, 0) is 44.0 Å². The molecule has 2 heterocycles. The van der Waals surface area contributed by atoms with Crippen molar-refractivity contribution in [3.63, 3.8) is 0 Å². The molecule has 1 aliphatic carbocycles. The summed E-state index contributed by atoms with van der Waals surface area (Å²) >= 11 is 0. The van der Waals surface area contributed by atoms with Crippen LogP contribution in [-0.4, -0.2) is 50.4 Å². The molecule has 0 radical (unpaired) electrons. The molecule has 0 aromatic carbocycles. The Morgan fingerprint density at radius 2 is 2.00 bits per heavy atom. The van der Waals surface area contributed by atoms with Gasteiger partial charge in [-0.15, -0.1) is 5.10 Å². The third-order valence-electron chi connectivity index (χ3n) is 3.60. The lowest BCUT2D eigenvalue weighted by Gasteiger charge is -2.37. The summed E-state index contributed by atoms with van der Waals surface area (Å²) in [6, 6.07) is 1.27. The molecule has 0 amide bonds. The van der Waals surface area contributed by atoms with Gasteiger partial charge in [-0.2, -0.15) is 0 Å². The largest absolute Gasteiger partial charge is 0.378 e. The van der Waals surface area contributed by atoms with E-state index >= 15 is 0 Å². The van der Waals surface area contributed by atoms with Gasteiger partial charge in [-0.1, -0.05) is 0 Å². The van der Waals surface area contributed by atoms with Gasteiger partial charge in [-0.3, -0.25) is 4.90 Å². The minimum absolute atomic E-state index is 0.0653. The molecule has 0 unspecified atom stereocenters. The van der Waals surface area contributed by atoms with Crippen LogP contribution in [0.3, 0.4) is 0 Å². The molecule has 100 valence electrons. The molecular formula is C12H21N5O. The minimum atomic E-state index is -0.0653. The van der Waals surface area contributed by atoms with Crippen LogP contribution in [-0.2, 0) is 16.8 Å². The Morgan fingerprint density at radius 1 is 1.28 bits per heavy atom. The molecule has 1 saturated carbocycles. The van der Waals surface area contributed by atoms with E-state index in [1.54, 1.807) is 0 Å². The highest BCUT2D eigenvalue weighted by Crippen LogP contribution is 2.32. The van der Waals surface area contributed by atoms with E-state index in [4.69, 9.17) is 4.74 Å². The van der Waals surface area contributed by atoms with Crippen LogP contribution in [0.4, 0.5) is 0 Å². The average molecular weight is 251 g/mol. The predicted molar refractivity (Wildman–Crippen MR) is 66.0 cm³/mol. The van der Waals surface area contributed by atoms with Gasteiger partial charge in [0.15, 0.2) is 5.82 Å². The topological polar surface area (TPSA) is 56.1 Å². The van der Waals surface area contributed by atoms with Gasteiger partial charge in [0.1, 0.15) is 0 Å². The standard InChI is InChI=1S/C12H21N5O/c1-12(2,3)17-11(13-14-15-17)6-16(9-4-5-9)10-7-18-8-10/h9-10H,4-8H2,1-3H3. The fourth-order valence-electron chi connectivity index (χ4n) is 2.37. The van der Waals surface area contributed by atoms with Crippen LogP contribution < -0.4 is 0 Å². The average Bonchev–Trinajstić information content (AvgIpc) is 2.93. The van der Waals surface area contributed by atoms with Crippen LogP contribution in [0.15, 0.2) is 0 Å². The molecule has 0 bridgehead atoms. The second-order valence-corrected chi connectivity index (χ2v) is 6.27. The van der Waals surface area contributed by atoms with E-state index in [0.29, 0.717) is 12.1 Å². The molecule has 1 aromatic rings. The van der Waals surface area contributed by atoms with Gasteiger partial charge >= 0.3 is 0 Å². The lowest BCUT2D eigenvalue weighted by Crippen LogP contribution is -2.50. The number of hydrogen-bond donors (Lipinski definition) is 0. The van der Waals surface area contributed by atoms with Gasteiger partial charge in [0.25, 0.3) is 0 Å². The molecule has 1 aromatic heterocycles. The fraction of sp³-hybridized carbons (Fsp3) is 0.917. The van der Waals surface area contributed by atoms with Crippen LogP contribution in [0.5, 0.6) is 0 Å². The van der Waals surface area contributed by atoms with E-state index in [0.717, 1.165) is 25.6 Å². The lowest BCUT2D eigenvalue weighted by atomic mass is 10.1. The van der Waals surface area contributed by atoms with Crippen molar-refractivity contribution in [2.24, 2.45) is 0 Å². The first kappa shape index (κ1) is 12.0. The molecule has 2 fully saturated rings. The Hall–Kier alpha value is -1.01. The van der Waals surface area contributed by atoms with E-state index in [-0.39, 0.29) is 5.54 Å². The van der Waals surface area contributed by atoms with Crippen molar-refractivity contribution in [1.29, 1.82) is 0 Å². The van der Waals surface area contributed by atoms with E-state index in [1.165, 1.54) is 12.8 Å². The lowest BCUT2D eigenvalue weighted by molar-refractivity contribution is -0.0726. The summed E-state index contributed by atoms with van der Waals surface area (Å²) in [5.41, 5.74) is -0.0653. The van der Waals surface area contributed by atoms with E-state index < -0.39 is 0 Å². The van der Waals surface area contributed by atoms with Crippen molar-refractivity contribution in [3.8, 4) is 0 Å². The highest BCUT2D eigenvalue weighted by atomic mass is 16.5. The number of ether oxygens (including phenoxy) is 1. The Bertz CT molecular complexity index is 416. The monoisotopic (exact) mass is 251 g/mol. The number of tetrazole rings is 1. The second-order valence-electron chi connectivity index (χ2n) is 6.27. The van der Waals surface area contributed by atoms with Crippen molar-refractivity contribution < 1.29 is 4.74 Å². The summed E-state index contributed by atoms with van der Waals surface area (Å²) in [5.74, 6) is 0.960. The van der Waals surface area contributed by atoms with E-state index in [9.17, 15) is 0 Å². The van der Waals surface area contributed by atoms with Crippen molar-refractivity contribution in [3.05, 3.63) is 5.82 Å². The summed E-state index contributed by atoms with van der Waals surface area (Å²) in [5, 5.41) is 12.1. The zero-order chi connectivity index (χ0) is 12.8. The highest BCUT2D eigenvalue weighted by Gasteiger charge is 2.38. The first-order valence-electron chi connectivity index (χ1n) is 6.67. The molecule has 6 heteroatoms. The summed E-state index contributed by atoms with van der Waals surface area (Å²) in [4.78, 5) is 2.51. The minimum Gasteiger partial charge on any atom is -0.378 e. The van der Waals surface area contributed by atoms with Gasteiger partial charge in [0.2, 0.25) is 0 Å². The number of rotatable bonds is 4. The molecule has 1 saturated heterocycles. The highest BCUT2D eigenvalue weighted by molar-refractivity contribution is 4.96. The molecule has 0 N–H and O–H groups in total. The maximum Gasteiger partial charge on any atom is 0.165 e. The maximum atomic E-state index is 5.31. The van der Waals surface area contributed by atoms with Crippen molar-refractivity contribution >= 4 is 0 Å². The van der Waals surface area contributed by atoms with Crippen LogP contribution >= 0.6 is 0 Å². The SMILES string of the molecule is CC(C)(C)n1nnnc1CN(C1CC1)C1COC1. The first-order chi connectivity index (χ1) is 8.55. The van der Waals surface area contributed by atoms with Crippen LogP contribution in [0.2, 0.25) is 0 Å². The van der Waals surface area contributed by atoms with Crippen LogP contribution in [0, 0.1) is 0 Å². The Kier molecular flexibility index (Phi) is 2.86.